The van der Waals surface area contributed by atoms with Crippen molar-refractivity contribution in [3.05, 3.63) is 47.2 Å². The maximum atomic E-state index is 5.55. The predicted molar refractivity (Wildman–Crippen MR) is 98.4 cm³/mol. The smallest absolute Gasteiger partial charge is 0.216 e. The highest BCUT2D eigenvalue weighted by molar-refractivity contribution is 5.33. The highest BCUT2D eigenvalue weighted by atomic mass is 16.5. The van der Waals surface area contributed by atoms with Crippen LogP contribution in [0.3, 0.4) is 0 Å². The van der Waals surface area contributed by atoms with Crippen molar-refractivity contribution >= 4 is 0 Å². The monoisotopic (exact) mass is 330 g/mol. The maximum absolute atomic E-state index is 5.55. The highest BCUT2D eigenvalue weighted by Gasteiger charge is 2.20. The number of hydrogen-bond donors (Lipinski definition) is 1. The Morgan fingerprint density at radius 3 is 2.42 bits per heavy atom. The Kier molecular flexibility index (Phi) is 6.40. The Labute approximate surface area is 145 Å². The zero-order valence-electron chi connectivity index (χ0n) is 15.7. The van der Waals surface area contributed by atoms with Crippen LogP contribution in [0.25, 0.3) is 0 Å². The predicted octanol–water partition coefficient (Wildman–Crippen LogP) is 2.94. The van der Waals surface area contributed by atoms with Gasteiger partial charge in [-0.2, -0.15) is 5.10 Å². The molecule has 1 atom stereocenters. The summed E-state index contributed by atoms with van der Waals surface area (Å²) in [5.41, 5.74) is 3.57. The maximum Gasteiger partial charge on any atom is 0.216 e. The fourth-order valence-electron chi connectivity index (χ4n) is 3.07. The Morgan fingerprint density at radius 2 is 1.88 bits per heavy atom. The van der Waals surface area contributed by atoms with Gasteiger partial charge in [-0.05, 0) is 25.6 Å². The largest absolute Gasteiger partial charge is 0.481 e. The molecule has 0 spiro atoms. The number of likely N-dealkylation sites (N-methyl/N-ethyl adjacent to an activating group) is 1. The molecule has 1 heterocycles. The Balaban J connectivity index is 2.10. The normalized spacial score (nSPS) is 12.8. The van der Waals surface area contributed by atoms with Crippen molar-refractivity contribution in [2.75, 3.05) is 27.7 Å². The van der Waals surface area contributed by atoms with Crippen LogP contribution < -0.4 is 10.1 Å². The van der Waals surface area contributed by atoms with Crippen molar-refractivity contribution in [2.24, 2.45) is 7.05 Å². The number of aromatic nitrogens is 2. The highest BCUT2D eigenvalue weighted by Crippen LogP contribution is 2.27. The lowest BCUT2D eigenvalue weighted by Gasteiger charge is -2.25. The first-order valence-corrected chi connectivity index (χ1v) is 8.47. The van der Waals surface area contributed by atoms with Crippen LogP contribution in [-0.4, -0.2) is 42.4 Å². The molecule has 0 aliphatic carbocycles. The molecule has 1 unspecified atom stereocenters. The molecule has 132 valence electrons. The second-order valence-electron chi connectivity index (χ2n) is 6.67. The van der Waals surface area contributed by atoms with Gasteiger partial charge in [-0.15, -0.1) is 0 Å². The molecule has 1 aromatic heterocycles. The Morgan fingerprint density at radius 1 is 1.21 bits per heavy atom. The van der Waals surface area contributed by atoms with Gasteiger partial charge in [-0.1, -0.05) is 44.2 Å². The van der Waals surface area contributed by atoms with Crippen LogP contribution in [0.4, 0.5) is 0 Å². The number of benzene rings is 1. The molecule has 1 aromatic carbocycles. The van der Waals surface area contributed by atoms with Crippen LogP contribution >= 0.6 is 0 Å². The Hall–Kier alpha value is -1.85. The number of hydrogen-bond acceptors (Lipinski definition) is 4. The van der Waals surface area contributed by atoms with Gasteiger partial charge in [0.05, 0.1) is 18.4 Å². The van der Waals surface area contributed by atoms with Crippen molar-refractivity contribution in [2.45, 2.75) is 32.4 Å². The third kappa shape index (κ3) is 4.16. The fourth-order valence-corrected chi connectivity index (χ4v) is 3.07. The number of ether oxygens (including phenoxy) is 1. The molecule has 2 aromatic rings. The summed E-state index contributed by atoms with van der Waals surface area (Å²) in [6.07, 6.45) is 0. The molecule has 0 bridgehead atoms. The first-order chi connectivity index (χ1) is 11.5. The van der Waals surface area contributed by atoms with Crippen molar-refractivity contribution in [3.63, 3.8) is 0 Å². The molecule has 0 amide bonds. The topological polar surface area (TPSA) is 42.3 Å². The van der Waals surface area contributed by atoms with Gasteiger partial charge in [0.15, 0.2) is 0 Å². The zero-order chi connectivity index (χ0) is 17.7. The molecule has 0 radical (unpaired) electrons. The average molecular weight is 330 g/mol. The van der Waals surface area contributed by atoms with E-state index in [0.29, 0.717) is 12.0 Å². The van der Waals surface area contributed by atoms with Gasteiger partial charge in [0.25, 0.3) is 0 Å². The molecule has 2 rings (SSSR count). The third-order valence-electron chi connectivity index (χ3n) is 4.31. The molecular formula is C19H30N4O. The molecule has 24 heavy (non-hydrogen) atoms. The fraction of sp³-hybridized carbons (Fsp3) is 0.526. The lowest BCUT2D eigenvalue weighted by molar-refractivity contribution is 0.287. The molecule has 0 fully saturated rings. The van der Waals surface area contributed by atoms with E-state index in [2.05, 4.69) is 73.6 Å². The second-order valence-corrected chi connectivity index (χ2v) is 6.67. The van der Waals surface area contributed by atoms with Gasteiger partial charge in [0.2, 0.25) is 5.88 Å². The lowest BCUT2D eigenvalue weighted by Crippen LogP contribution is -2.31. The van der Waals surface area contributed by atoms with E-state index in [1.807, 2.05) is 11.7 Å². The van der Waals surface area contributed by atoms with Crippen molar-refractivity contribution in [3.8, 4) is 5.88 Å². The first-order valence-electron chi connectivity index (χ1n) is 8.47. The summed E-state index contributed by atoms with van der Waals surface area (Å²) in [4.78, 5) is 2.24. The molecule has 5 nitrogen and oxygen atoms in total. The van der Waals surface area contributed by atoms with Gasteiger partial charge in [-0.3, -0.25) is 0 Å². The van der Waals surface area contributed by atoms with E-state index in [9.17, 15) is 0 Å². The van der Waals surface area contributed by atoms with Crippen LogP contribution in [0, 0.1) is 0 Å². The Bertz CT molecular complexity index is 634. The van der Waals surface area contributed by atoms with E-state index in [1.165, 1.54) is 5.56 Å². The van der Waals surface area contributed by atoms with E-state index < -0.39 is 0 Å². The minimum atomic E-state index is 0.330. The summed E-state index contributed by atoms with van der Waals surface area (Å²) >= 11 is 0. The van der Waals surface area contributed by atoms with Crippen molar-refractivity contribution < 1.29 is 4.74 Å². The SMILES string of the molecule is COc1c(CNCC(c2ccccc2)N(C)C)c(C(C)C)nn1C. The zero-order valence-corrected chi connectivity index (χ0v) is 15.7. The van der Waals surface area contributed by atoms with E-state index in [1.54, 1.807) is 7.11 Å². The van der Waals surface area contributed by atoms with Gasteiger partial charge in [-0.25, -0.2) is 4.68 Å². The summed E-state index contributed by atoms with van der Waals surface area (Å²) < 4.78 is 7.37. The number of aryl methyl sites for hydroxylation is 1. The van der Waals surface area contributed by atoms with Crippen LogP contribution in [0.15, 0.2) is 30.3 Å². The van der Waals surface area contributed by atoms with Gasteiger partial charge < -0.3 is 15.0 Å². The summed E-state index contributed by atoms with van der Waals surface area (Å²) in [5, 5.41) is 8.20. The second kappa shape index (κ2) is 8.31. The molecule has 0 saturated heterocycles. The van der Waals surface area contributed by atoms with Crippen LogP contribution in [0.2, 0.25) is 0 Å². The molecule has 1 N–H and O–H groups in total. The molecule has 0 saturated carbocycles. The number of rotatable bonds is 8. The van der Waals surface area contributed by atoms with Gasteiger partial charge in [0.1, 0.15) is 0 Å². The van der Waals surface area contributed by atoms with Crippen molar-refractivity contribution in [1.82, 2.24) is 20.0 Å². The van der Waals surface area contributed by atoms with Crippen LogP contribution in [-0.2, 0) is 13.6 Å². The molecular weight excluding hydrogens is 300 g/mol. The van der Waals surface area contributed by atoms with Crippen LogP contribution in [0.5, 0.6) is 5.88 Å². The molecule has 0 aliphatic heterocycles. The summed E-state index contributed by atoms with van der Waals surface area (Å²) in [7, 11) is 7.87. The van der Waals surface area contributed by atoms with Gasteiger partial charge in [0, 0.05) is 26.2 Å². The van der Waals surface area contributed by atoms with E-state index in [0.717, 1.165) is 30.2 Å². The van der Waals surface area contributed by atoms with E-state index in [-0.39, 0.29) is 0 Å². The number of nitrogens with one attached hydrogen (secondary N) is 1. The third-order valence-corrected chi connectivity index (χ3v) is 4.31. The standard InChI is InChI=1S/C19H30N4O/c1-14(2)18-16(19(24-6)23(5)21-18)12-20-13-17(22(3)4)15-10-8-7-9-11-15/h7-11,14,17,20H,12-13H2,1-6H3. The molecule has 0 aliphatic rings. The van der Waals surface area contributed by atoms with E-state index in [4.69, 9.17) is 4.74 Å². The average Bonchev–Trinajstić information content (AvgIpc) is 2.88. The minimum absolute atomic E-state index is 0.330. The summed E-state index contributed by atoms with van der Waals surface area (Å²) in [6.45, 7) is 5.95. The molecule has 5 heteroatoms. The number of methoxy groups -OCH3 is 1. The minimum Gasteiger partial charge on any atom is -0.481 e. The lowest BCUT2D eigenvalue weighted by atomic mass is 10.0. The van der Waals surface area contributed by atoms with Crippen LogP contribution in [0.1, 0.15) is 42.6 Å². The number of nitrogens with zero attached hydrogens (tertiary/aromatic N) is 3. The summed E-state index contributed by atoms with van der Waals surface area (Å²) in [6, 6.07) is 10.9. The first kappa shape index (κ1) is 18.5. The van der Waals surface area contributed by atoms with Gasteiger partial charge >= 0.3 is 0 Å². The quantitative estimate of drug-likeness (QED) is 0.808. The van der Waals surface area contributed by atoms with E-state index >= 15 is 0 Å². The summed E-state index contributed by atoms with van der Waals surface area (Å²) in [5.74, 6) is 1.21. The van der Waals surface area contributed by atoms with Crippen molar-refractivity contribution in [1.29, 1.82) is 0 Å².